The lowest BCUT2D eigenvalue weighted by Gasteiger charge is -2.06. The summed E-state index contributed by atoms with van der Waals surface area (Å²) in [4.78, 5) is 0. The van der Waals surface area contributed by atoms with Crippen molar-refractivity contribution in [1.29, 1.82) is 0 Å². The molecule has 0 spiro atoms. The van der Waals surface area contributed by atoms with E-state index < -0.39 is 0 Å². The summed E-state index contributed by atoms with van der Waals surface area (Å²) < 4.78 is 0. The molecule has 0 N–H and O–H groups in total. The SMILES string of the molecule is Cc1cccc(-c2ccc3c(c2)CCC3)c1. The number of aryl methyl sites for hydroxylation is 3. The third kappa shape index (κ3) is 1.65. The topological polar surface area (TPSA) is 0 Å². The highest BCUT2D eigenvalue weighted by molar-refractivity contribution is 5.66. The standard InChI is InChI=1S/C16H16/c1-12-4-2-6-14(10-12)16-9-8-13-5-3-7-15(13)11-16/h2,4,6,8-11H,3,5,7H2,1H3. The van der Waals surface area contributed by atoms with Crippen LogP contribution in [0.25, 0.3) is 11.1 Å². The van der Waals surface area contributed by atoms with Crippen molar-refractivity contribution in [3.05, 3.63) is 59.2 Å². The summed E-state index contributed by atoms with van der Waals surface area (Å²) in [6.07, 6.45) is 3.85. The van der Waals surface area contributed by atoms with Gasteiger partial charge in [0, 0.05) is 0 Å². The molecule has 0 aliphatic heterocycles. The van der Waals surface area contributed by atoms with Crippen LogP contribution in [0.2, 0.25) is 0 Å². The Kier molecular flexibility index (Phi) is 2.28. The Bertz CT molecular complexity index is 523. The van der Waals surface area contributed by atoms with Gasteiger partial charge in [0.05, 0.1) is 0 Å². The Labute approximate surface area is 96.9 Å². The second kappa shape index (κ2) is 3.79. The fourth-order valence-corrected chi connectivity index (χ4v) is 2.58. The number of hydrogen-bond acceptors (Lipinski definition) is 0. The van der Waals surface area contributed by atoms with E-state index in [1.54, 1.807) is 11.1 Å². The predicted octanol–water partition coefficient (Wildman–Crippen LogP) is 4.15. The van der Waals surface area contributed by atoms with E-state index in [4.69, 9.17) is 0 Å². The monoisotopic (exact) mass is 208 g/mol. The van der Waals surface area contributed by atoms with Gasteiger partial charge in [0.15, 0.2) is 0 Å². The van der Waals surface area contributed by atoms with Crippen molar-refractivity contribution >= 4 is 0 Å². The zero-order valence-corrected chi connectivity index (χ0v) is 9.66. The normalized spacial score (nSPS) is 13.8. The summed E-state index contributed by atoms with van der Waals surface area (Å²) in [6, 6.07) is 15.7. The van der Waals surface area contributed by atoms with Gasteiger partial charge in [-0.05, 0) is 48.4 Å². The van der Waals surface area contributed by atoms with Crippen molar-refractivity contribution in [1.82, 2.24) is 0 Å². The first kappa shape index (κ1) is 9.65. The second-order valence-electron chi connectivity index (χ2n) is 4.71. The van der Waals surface area contributed by atoms with Gasteiger partial charge in [-0.3, -0.25) is 0 Å². The summed E-state index contributed by atoms with van der Waals surface area (Å²) >= 11 is 0. The van der Waals surface area contributed by atoms with Crippen molar-refractivity contribution in [2.24, 2.45) is 0 Å². The molecule has 0 fully saturated rings. The third-order valence-corrected chi connectivity index (χ3v) is 3.45. The van der Waals surface area contributed by atoms with E-state index in [2.05, 4.69) is 49.4 Å². The Morgan fingerprint density at radius 1 is 0.812 bits per heavy atom. The predicted molar refractivity (Wildman–Crippen MR) is 68.6 cm³/mol. The molecule has 0 unspecified atom stereocenters. The lowest BCUT2D eigenvalue weighted by molar-refractivity contribution is 0.912. The van der Waals surface area contributed by atoms with Crippen molar-refractivity contribution in [2.45, 2.75) is 26.2 Å². The van der Waals surface area contributed by atoms with Crippen molar-refractivity contribution in [3.63, 3.8) is 0 Å². The Morgan fingerprint density at radius 2 is 1.62 bits per heavy atom. The highest BCUT2D eigenvalue weighted by Gasteiger charge is 2.11. The van der Waals surface area contributed by atoms with Crippen LogP contribution >= 0.6 is 0 Å². The van der Waals surface area contributed by atoms with Gasteiger partial charge in [0.25, 0.3) is 0 Å². The largest absolute Gasteiger partial charge is 0.0614 e. The van der Waals surface area contributed by atoms with Gasteiger partial charge in [0.1, 0.15) is 0 Å². The molecule has 1 aliphatic rings. The summed E-state index contributed by atoms with van der Waals surface area (Å²) in [5, 5.41) is 0. The maximum Gasteiger partial charge on any atom is -0.0181 e. The van der Waals surface area contributed by atoms with Crippen LogP contribution in [0.1, 0.15) is 23.1 Å². The summed E-state index contributed by atoms with van der Waals surface area (Å²) in [5.74, 6) is 0. The molecule has 0 amide bonds. The average Bonchev–Trinajstić information content (AvgIpc) is 2.75. The molecule has 80 valence electrons. The second-order valence-corrected chi connectivity index (χ2v) is 4.71. The number of benzene rings is 2. The number of hydrogen-bond donors (Lipinski definition) is 0. The molecule has 0 atom stereocenters. The zero-order chi connectivity index (χ0) is 11.0. The molecule has 2 aromatic rings. The van der Waals surface area contributed by atoms with E-state index in [0.29, 0.717) is 0 Å². The molecule has 16 heavy (non-hydrogen) atoms. The van der Waals surface area contributed by atoms with E-state index in [1.807, 2.05) is 0 Å². The summed E-state index contributed by atoms with van der Waals surface area (Å²) in [6.45, 7) is 2.15. The Balaban J connectivity index is 2.07. The maximum absolute atomic E-state index is 2.37. The van der Waals surface area contributed by atoms with E-state index in [9.17, 15) is 0 Å². The van der Waals surface area contributed by atoms with Gasteiger partial charge in [-0.1, -0.05) is 48.0 Å². The van der Waals surface area contributed by atoms with Gasteiger partial charge in [-0.2, -0.15) is 0 Å². The van der Waals surface area contributed by atoms with E-state index in [0.717, 1.165) is 0 Å². The molecule has 0 heterocycles. The fourth-order valence-electron chi connectivity index (χ4n) is 2.58. The minimum Gasteiger partial charge on any atom is -0.0614 e. The maximum atomic E-state index is 2.37. The van der Waals surface area contributed by atoms with Crippen LogP contribution in [-0.4, -0.2) is 0 Å². The molecule has 0 aromatic heterocycles. The van der Waals surface area contributed by atoms with Crippen LogP contribution in [0.4, 0.5) is 0 Å². The van der Waals surface area contributed by atoms with Crippen LogP contribution in [0.5, 0.6) is 0 Å². The molecule has 1 aliphatic carbocycles. The molecule has 0 radical (unpaired) electrons. The van der Waals surface area contributed by atoms with Crippen molar-refractivity contribution in [3.8, 4) is 11.1 Å². The minimum atomic E-state index is 1.26. The minimum absolute atomic E-state index is 1.26. The molecule has 0 bridgehead atoms. The first-order chi connectivity index (χ1) is 7.83. The highest BCUT2D eigenvalue weighted by atomic mass is 14.2. The van der Waals surface area contributed by atoms with Crippen molar-refractivity contribution < 1.29 is 0 Å². The zero-order valence-electron chi connectivity index (χ0n) is 9.66. The third-order valence-electron chi connectivity index (χ3n) is 3.45. The van der Waals surface area contributed by atoms with Gasteiger partial charge in [-0.15, -0.1) is 0 Å². The molecular weight excluding hydrogens is 192 g/mol. The number of rotatable bonds is 1. The van der Waals surface area contributed by atoms with Gasteiger partial charge < -0.3 is 0 Å². The van der Waals surface area contributed by atoms with Gasteiger partial charge in [-0.25, -0.2) is 0 Å². The van der Waals surface area contributed by atoms with Gasteiger partial charge >= 0.3 is 0 Å². The smallest absolute Gasteiger partial charge is 0.0181 e. The first-order valence-corrected chi connectivity index (χ1v) is 6.02. The lowest BCUT2D eigenvalue weighted by atomic mass is 9.99. The molecule has 2 aromatic carbocycles. The first-order valence-electron chi connectivity index (χ1n) is 6.02. The average molecular weight is 208 g/mol. The molecule has 3 rings (SSSR count). The van der Waals surface area contributed by atoms with E-state index in [1.165, 1.54) is 36.0 Å². The van der Waals surface area contributed by atoms with E-state index >= 15 is 0 Å². The Hall–Kier alpha value is -1.56. The molecule has 0 heteroatoms. The van der Waals surface area contributed by atoms with Crippen molar-refractivity contribution in [2.75, 3.05) is 0 Å². The molecule has 0 saturated carbocycles. The molecule has 0 saturated heterocycles. The van der Waals surface area contributed by atoms with Crippen LogP contribution < -0.4 is 0 Å². The van der Waals surface area contributed by atoms with E-state index in [-0.39, 0.29) is 0 Å². The quantitative estimate of drug-likeness (QED) is 0.660. The molecular formula is C16H16. The summed E-state index contributed by atoms with van der Waals surface area (Å²) in [5.41, 5.74) is 7.15. The Morgan fingerprint density at radius 3 is 2.50 bits per heavy atom. The highest BCUT2D eigenvalue weighted by Crippen LogP contribution is 2.28. The summed E-state index contributed by atoms with van der Waals surface area (Å²) in [7, 11) is 0. The molecule has 0 nitrogen and oxygen atoms in total. The van der Waals surface area contributed by atoms with Crippen LogP contribution in [-0.2, 0) is 12.8 Å². The number of fused-ring (bicyclic) bond motifs is 1. The van der Waals surface area contributed by atoms with Crippen LogP contribution in [0.3, 0.4) is 0 Å². The van der Waals surface area contributed by atoms with Crippen LogP contribution in [0.15, 0.2) is 42.5 Å². The van der Waals surface area contributed by atoms with Gasteiger partial charge in [0.2, 0.25) is 0 Å². The van der Waals surface area contributed by atoms with Crippen LogP contribution in [0, 0.1) is 6.92 Å². The fraction of sp³-hybridized carbons (Fsp3) is 0.250. The lowest BCUT2D eigenvalue weighted by Crippen LogP contribution is -1.85.